The lowest BCUT2D eigenvalue weighted by Crippen LogP contribution is -2.30. The smallest absolute Gasteiger partial charge is 0.255 e. The van der Waals surface area contributed by atoms with Crippen LogP contribution in [0.5, 0.6) is 0 Å². The molecule has 28 heavy (non-hydrogen) atoms. The molecule has 2 aliphatic rings. The van der Waals surface area contributed by atoms with Crippen molar-refractivity contribution in [3.05, 3.63) is 71.3 Å². The zero-order valence-electron chi connectivity index (χ0n) is 15.9. The maximum atomic E-state index is 12.7. The SMILES string of the molecule is Cc1cc(C)cc(NC(=O)c2ccc(N3C(=O)[C@H]4CC=CC[C@H]4C3=O)cc2)c1. The van der Waals surface area contributed by atoms with Gasteiger partial charge in [0.05, 0.1) is 17.5 Å². The van der Waals surface area contributed by atoms with E-state index in [0.29, 0.717) is 24.1 Å². The van der Waals surface area contributed by atoms with Gasteiger partial charge in [-0.2, -0.15) is 0 Å². The summed E-state index contributed by atoms with van der Waals surface area (Å²) in [5.41, 5.74) is 3.89. The van der Waals surface area contributed by atoms with Gasteiger partial charge >= 0.3 is 0 Å². The van der Waals surface area contributed by atoms with E-state index in [1.54, 1.807) is 24.3 Å². The normalized spacial score (nSPS) is 21.0. The number of fused-ring (bicyclic) bond motifs is 1. The summed E-state index contributed by atoms with van der Waals surface area (Å²) < 4.78 is 0. The first-order chi connectivity index (χ1) is 13.4. The number of nitrogens with zero attached hydrogens (tertiary/aromatic N) is 1. The van der Waals surface area contributed by atoms with Crippen molar-refractivity contribution >= 4 is 29.1 Å². The topological polar surface area (TPSA) is 66.5 Å². The first-order valence-electron chi connectivity index (χ1n) is 9.46. The second-order valence-electron chi connectivity index (χ2n) is 7.55. The number of benzene rings is 2. The van der Waals surface area contributed by atoms with E-state index in [1.165, 1.54) is 4.90 Å². The number of allylic oxidation sites excluding steroid dienone is 2. The predicted molar refractivity (Wildman–Crippen MR) is 108 cm³/mol. The first kappa shape index (κ1) is 18.2. The Morgan fingerprint density at radius 3 is 1.96 bits per heavy atom. The van der Waals surface area contributed by atoms with Crippen LogP contribution in [-0.4, -0.2) is 17.7 Å². The van der Waals surface area contributed by atoms with Gasteiger partial charge in [-0.05, 0) is 74.2 Å². The van der Waals surface area contributed by atoms with Crippen molar-refractivity contribution < 1.29 is 14.4 Å². The number of carbonyl (C=O) groups is 3. The summed E-state index contributed by atoms with van der Waals surface area (Å²) in [6.45, 7) is 3.96. The van der Waals surface area contributed by atoms with Gasteiger partial charge < -0.3 is 5.32 Å². The lowest BCUT2D eigenvalue weighted by molar-refractivity contribution is -0.122. The maximum absolute atomic E-state index is 12.7. The molecule has 4 rings (SSSR count). The average molecular weight is 374 g/mol. The molecule has 0 spiro atoms. The highest BCUT2D eigenvalue weighted by molar-refractivity contribution is 6.22. The fourth-order valence-electron chi connectivity index (χ4n) is 4.07. The quantitative estimate of drug-likeness (QED) is 0.652. The largest absolute Gasteiger partial charge is 0.322 e. The van der Waals surface area contributed by atoms with Crippen LogP contribution in [0.15, 0.2) is 54.6 Å². The van der Waals surface area contributed by atoms with Crippen molar-refractivity contribution in [1.29, 1.82) is 0 Å². The number of hydrogen-bond donors (Lipinski definition) is 1. The van der Waals surface area contributed by atoms with Gasteiger partial charge in [-0.25, -0.2) is 0 Å². The highest BCUT2D eigenvalue weighted by Gasteiger charge is 2.47. The number of amides is 3. The average Bonchev–Trinajstić information content (AvgIpc) is 2.92. The molecular weight excluding hydrogens is 352 g/mol. The van der Waals surface area contributed by atoms with Gasteiger partial charge in [-0.3, -0.25) is 19.3 Å². The van der Waals surface area contributed by atoms with E-state index >= 15 is 0 Å². The van der Waals surface area contributed by atoms with E-state index in [-0.39, 0.29) is 29.6 Å². The Bertz CT molecular complexity index is 945. The molecule has 1 aliphatic heterocycles. The third-order valence-electron chi connectivity index (χ3n) is 5.37. The van der Waals surface area contributed by atoms with Crippen molar-refractivity contribution in [2.45, 2.75) is 26.7 Å². The fraction of sp³-hybridized carbons (Fsp3) is 0.261. The Morgan fingerprint density at radius 1 is 0.893 bits per heavy atom. The lowest BCUT2D eigenvalue weighted by Gasteiger charge is -2.15. The molecule has 0 radical (unpaired) electrons. The van der Waals surface area contributed by atoms with E-state index in [0.717, 1.165) is 16.8 Å². The molecule has 5 nitrogen and oxygen atoms in total. The highest BCUT2D eigenvalue weighted by atomic mass is 16.2. The molecular formula is C23H22N2O3. The van der Waals surface area contributed by atoms with Crippen LogP contribution in [-0.2, 0) is 9.59 Å². The molecule has 1 saturated heterocycles. The molecule has 1 fully saturated rings. The number of rotatable bonds is 3. The van der Waals surface area contributed by atoms with Crippen LogP contribution >= 0.6 is 0 Å². The minimum Gasteiger partial charge on any atom is -0.322 e. The van der Waals surface area contributed by atoms with Crippen LogP contribution in [0.3, 0.4) is 0 Å². The van der Waals surface area contributed by atoms with Crippen LogP contribution in [0.1, 0.15) is 34.3 Å². The van der Waals surface area contributed by atoms with Crippen LogP contribution < -0.4 is 10.2 Å². The Kier molecular flexibility index (Phi) is 4.59. The summed E-state index contributed by atoms with van der Waals surface area (Å²) in [7, 11) is 0. The van der Waals surface area contributed by atoms with E-state index in [4.69, 9.17) is 0 Å². The molecule has 0 saturated carbocycles. The Hall–Kier alpha value is -3.21. The molecule has 1 heterocycles. The number of aryl methyl sites for hydroxylation is 2. The number of carbonyl (C=O) groups excluding carboxylic acids is 3. The molecule has 0 unspecified atom stereocenters. The van der Waals surface area contributed by atoms with Gasteiger partial charge in [0, 0.05) is 11.3 Å². The lowest BCUT2D eigenvalue weighted by atomic mass is 9.85. The highest BCUT2D eigenvalue weighted by Crippen LogP contribution is 2.37. The molecule has 1 N–H and O–H groups in total. The molecule has 5 heteroatoms. The Morgan fingerprint density at radius 2 is 1.43 bits per heavy atom. The van der Waals surface area contributed by atoms with Gasteiger partial charge in [0.15, 0.2) is 0 Å². The van der Waals surface area contributed by atoms with Crippen molar-refractivity contribution in [3.63, 3.8) is 0 Å². The zero-order valence-corrected chi connectivity index (χ0v) is 15.9. The van der Waals surface area contributed by atoms with Gasteiger partial charge in [0.25, 0.3) is 5.91 Å². The maximum Gasteiger partial charge on any atom is 0.255 e. The molecule has 2 aromatic rings. The number of anilines is 2. The van der Waals surface area contributed by atoms with Gasteiger partial charge in [0.2, 0.25) is 11.8 Å². The van der Waals surface area contributed by atoms with E-state index in [2.05, 4.69) is 5.32 Å². The van der Waals surface area contributed by atoms with Crippen molar-refractivity contribution in [2.75, 3.05) is 10.2 Å². The molecule has 142 valence electrons. The molecule has 2 atom stereocenters. The molecule has 0 aromatic heterocycles. The van der Waals surface area contributed by atoms with Crippen LogP contribution in [0.4, 0.5) is 11.4 Å². The van der Waals surface area contributed by atoms with Gasteiger partial charge in [0.1, 0.15) is 0 Å². The van der Waals surface area contributed by atoms with Gasteiger partial charge in [-0.15, -0.1) is 0 Å². The third-order valence-corrected chi connectivity index (χ3v) is 5.37. The van der Waals surface area contributed by atoms with Crippen molar-refractivity contribution in [2.24, 2.45) is 11.8 Å². The fourth-order valence-corrected chi connectivity index (χ4v) is 4.07. The molecule has 1 aliphatic carbocycles. The number of nitrogens with one attached hydrogen (secondary N) is 1. The number of imide groups is 1. The second kappa shape index (κ2) is 7.08. The van der Waals surface area contributed by atoms with Crippen molar-refractivity contribution in [1.82, 2.24) is 0 Å². The minimum absolute atomic E-state index is 0.146. The monoisotopic (exact) mass is 374 g/mol. The number of hydrogen-bond acceptors (Lipinski definition) is 3. The third kappa shape index (κ3) is 3.24. The van der Waals surface area contributed by atoms with Crippen LogP contribution in [0, 0.1) is 25.7 Å². The van der Waals surface area contributed by atoms with Crippen molar-refractivity contribution in [3.8, 4) is 0 Å². The first-order valence-corrected chi connectivity index (χ1v) is 9.46. The van der Waals surface area contributed by atoms with E-state index in [9.17, 15) is 14.4 Å². The summed E-state index contributed by atoms with van der Waals surface area (Å²) in [5, 5.41) is 2.89. The summed E-state index contributed by atoms with van der Waals surface area (Å²) in [5.74, 6) is -1.04. The molecule has 3 amide bonds. The molecule has 0 bridgehead atoms. The second-order valence-corrected chi connectivity index (χ2v) is 7.55. The summed E-state index contributed by atoms with van der Waals surface area (Å²) >= 11 is 0. The van der Waals surface area contributed by atoms with Crippen LogP contribution in [0.2, 0.25) is 0 Å². The Balaban J connectivity index is 1.52. The standard InChI is InChI=1S/C23H22N2O3/c1-14-11-15(2)13-17(12-14)24-21(26)16-7-9-18(10-8-16)25-22(27)19-5-3-4-6-20(19)23(25)28/h3-4,7-13,19-20H,5-6H2,1-2H3,(H,24,26)/t19-,20+. The summed E-state index contributed by atoms with van der Waals surface area (Å²) in [6, 6.07) is 12.5. The summed E-state index contributed by atoms with van der Waals surface area (Å²) in [6.07, 6.45) is 5.16. The minimum atomic E-state index is -0.259. The van der Waals surface area contributed by atoms with Crippen LogP contribution in [0.25, 0.3) is 0 Å². The Labute approximate surface area is 164 Å². The van der Waals surface area contributed by atoms with E-state index in [1.807, 2.05) is 44.2 Å². The van der Waals surface area contributed by atoms with Gasteiger partial charge in [-0.1, -0.05) is 18.2 Å². The zero-order chi connectivity index (χ0) is 19.8. The molecule has 2 aromatic carbocycles. The predicted octanol–water partition coefficient (Wildman–Crippen LogP) is 4.01. The summed E-state index contributed by atoms with van der Waals surface area (Å²) in [4.78, 5) is 39.1. The van der Waals surface area contributed by atoms with E-state index < -0.39 is 0 Å².